The van der Waals surface area contributed by atoms with Gasteiger partial charge in [0.1, 0.15) is 0 Å². The van der Waals surface area contributed by atoms with Gasteiger partial charge in [-0.1, -0.05) is 47.0 Å². The third-order valence-corrected chi connectivity index (χ3v) is 6.27. The van der Waals surface area contributed by atoms with Crippen molar-refractivity contribution in [3.8, 4) is 0 Å². The second-order valence-corrected chi connectivity index (χ2v) is 6.39. The second kappa shape index (κ2) is 4.86. The highest BCUT2D eigenvalue weighted by atomic mass is 16.4. The van der Waals surface area contributed by atoms with E-state index in [0.29, 0.717) is 23.7 Å². The molecule has 0 aliphatic heterocycles. The van der Waals surface area contributed by atoms with Crippen LogP contribution in [0.1, 0.15) is 59.8 Å². The molecule has 0 aromatic carbocycles. The molecule has 6 atom stereocenters. The molecule has 0 aromatic heterocycles. The van der Waals surface area contributed by atoms with Crippen LogP contribution in [0.4, 0.5) is 0 Å². The Kier molecular flexibility index (Phi) is 3.75. The van der Waals surface area contributed by atoms with Crippen molar-refractivity contribution in [3.05, 3.63) is 0 Å². The molecule has 2 aliphatic rings. The number of hydrogen-bond acceptors (Lipinski definition) is 1. The van der Waals surface area contributed by atoms with Gasteiger partial charge in [0.05, 0.1) is 5.41 Å². The quantitative estimate of drug-likeness (QED) is 0.796. The van der Waals surface area contributed by atoms with Crippen molar-refractivity contribution in [3.63, 3.8) is 0 Å². The summed E-state index contributed by atoms with van der Waals surface area (Å²) in [7, 11) is 0. The number of carboxylic acids is 1. The molecule has 2 unspecified atom stereocenters. The lowest BCUT2D eigenvalue weighted by Gasteiger charge is -2.59. The fourth-order valence-electron chi connectivity index (χ4n) is 5.56. The fourth-order valence-corrected chi connectivity index (χ4v) is 5.56. The summed E-state index contributed by atoms with van der Waals surface area (Å²) in [4.78, 5) is 11.9. The molecule has 2 saturated carbocycles. The van der Waals surface area contributed by atoms with Crippen LogP contribution in [0.15, 0.2) is 0 Å². The van der Waals surface area contributed by atoms with Crippen LogP contribution < -0.4 is 0 Å². The molecule has 1 N–H and O–H groups in total. The average Bonchev–Trinajstić information content (AvgIpc) is 2.66. The van der Waals surface area contributed by atoms with Crippen molar-refractivity contribution < 1.29 is 9.90 Å². The maximum Gasteiger partial charge on any atom is 0.310 e. The molecule has 0 radical (unpaired) electrons. The Morgan fingerprint density at radius 1 is 1.11 bits per heavy atom. The van der Waals surface area contributed by atoms with Crippen molar-refractivity contribution in [1.82, 2.24) is 0 Å². The molecule has 0 bridgehead atoms. The van der Waals surface area contributed by atoms with E-state index in [1.54, 1.807) is 0 Å². The predicted octanol–water partition coefficient (Wildman–Crippen LogP) is 4.20. The summed E-state index contributed by atoms with van der Waals surface area (Å²) in [5.41, 5.74) is -0.399. The zero-order valence-electron chi connectivity index (χ0n) is 12.3. The summed E-state index contributed by atoms with van der Waals surface area (Å²) in [6, 6.07) is 0. The normalized spacial score (nSPS) is 46.6. The summed E-state index contributed by atoms with van der Waals surface area (Å²) in [5, 5.41) is 9.80. The van der Waals surface area contributed by atoms with Crippen LogP contribution in [-0.4, -0.2) is 11.1 Å². The minimum absolute atomic E-state index is 0.399. The first-order valence-corrected chi connectivity index (χ1v) is 7.81. The Hall–Kier alpha value is -0.530. The van der Waals surface area contributed by atoms with E-state index >= 15 is 0 Å². The largest absolute Gasteiger partial charge is 0.481 e. The van der Waals surface area contributed by atoms with Gasteiger partial charge in [-0.05, 0) is 42.4 Å². The lowest BCUT2D eigenvalue weighted by molar-refractivity contribution is -0.193. The molecule has 2 fully saturated rings. The first kappa shape index (κ1) is 13.9. The van der Waals surface area contributed by atoms with Crippen LogP contribution in [0.5, 0.6) is 0 Å². The third-order valence-electron chi connectivity index (χ3n) is 6.27. The summed E-state index contributed by atoms with van der Waals surface area (Å²) in [6.45, 7) is 8.78. The highest BCUT2D eigenvalue weighted by Gasteiger charge is 2.69. The number of carboxylic acid groups (broad SMARTS) is 1. The van der Waals surface area contributed by atoms with Crippen LogP contribution in [0.3, 0.4) is 0 Å². The summed E-state index contributed by atoms with van der Waals surface area (Å²) in [5.74, 6) is 2.49. The van der Waals surface area contributed by atoms with E-state index in [1.807, 2.05) is 0 Å². The Balaban J connectivity index is 2.35. The van der Waals surface area contributed by atoms with E-state index in [4.69, 9.17) is 0 Å². The van der Waals surface area contributed by atoms with Gasteiger partial charge >= 0.3 is 5.97 Å². The minimum Gasteiger partial charge on any atom is -0.481 e. The lowest BCUT2D eigenvalue weighted by atomic mass is 9.43. The molecule has 2 rings (SSSR count). The van der Waals surface area contributed by atoms with Gasteiger partial charge < -0.3 is 5.11 Å². The maximum atomic E-state index is 11.9. The molecule has 0 aromatic rings. The van der Waals surface area contributed by atoms with Gasteiger partial charge in [-0.25, -0.2) is 0 Å². The van der Waals surface area contributed by atoms with Gasteiger partial charge in [-0.15, -0.1) is 0 Å². The summed E-state index contributed by atoms with van der Waals surface area (Å²) in [6.07, 6.45) is 5.51. The van der Waals surface area contributed by atoms with Gasteiger partial charge in [0.25, 0.3) is 0 Å². The number of fused-ring (bicyclic) bond motifs is 1. The molecular formula is C16H28O2. The maximum absolute atomic E-state index is 11.9. The average molecular weight is 252 g/mol. The standard InChI is InChI=1S/C16H28O2/c1-5-10-9-11(6-2)14-13(10)12(7-3)16(14,8-4)15(17)18/h10-14H,5-9H2,1-4H3,(H,17,18)/t10-,11+,12-,13?,14?,16+/m1/s1. The Morgan fingerprint density at radius 2 is 1.72 bits per heavy atom. The van der Waals surface area contributed by atoms with Gasteiger partial charge in [-0.3, -0.25) is 4.79 Å². The van der Waals surface area contributed by atoms with E-state index in [2.05, 4.69) is 27.7 Å². The van der Waals surface area contributed by atoms with Crippen molar-refractivity contribution >= 4 is 5.97 Å². The summed E-state index contributed by atoms with van der Waals surface area (Å²) < 4.78 is 0. The third kappa shape index (κ3) is 1.50. The topological polar surface area (TPSA) is 37.3 Å². The van der Waals surface area contributed by atoms with Gasteiger partial charge in [-0.2, -0.15) is 0 Å². The van der Waals surface area contributed by atoms with Gasteiger partial charge in [0.15, 0.2) is 0 Å². The Morgan fingerprint density at radius 3 is 2.11 bits per heavy atom. The van der Waals surface area contributed by atoms with Gasteiger partial charge in [0.2, 0.25) is 0 Å². The van der Waals surface area contributed by atoms with Crippen molar-refractivity contribution in [2.24, 2.45) is 35.0 Å². The highest BCUT2D eigenvalue weighted by Crippen LogP contribution is 2.70. The van der Waals surface area contributed by atoms with Gasteiger partial charge in [0, 0.05) is 0 Å². The molecular weight excluding hydrogens is 224 g/mol. The fraction of sp³-hybridized carbons (Fsp3) is 0.938. The van der Waals surface area contributed by atoms with Crippen LogP contribution in [0, 0.1) is 35.0 Å². The lowest BCUT2D eigenvalue weighted by Crippen LogP contribution is -2.61. The molecule has 2 nitrogen and oxygen atoms in total. The molecule has 104 valence electrons. The van der Waals surface area contributed by atoms with Crippen LogP contribution >= 0.6 is 0 Å². The first-order chi connectivity index (χ1) is 8.58. The van der Waals surface area contributed by atoms with E-state index in [0.717, 1.165) is 25.2 Å². The highest BCUT2D eigenvalue weighted by molar-refractivity contribution is 5.77. The number of carbonyl (C=O) groups is 1. The van der Waals surface area contributed by atoms with E-state index in [1.165, 1.54) is 12.8 Å². The molecule has 0 amide bonds. The monoisotopic (exact) mass is 252 g/mol. The van der Waals surface area contributed by atoms with Crippen molar-refractivity contribution in [2.75, 3.05) is 0 Å². The second-order valence-electron chi connectivity index (χ2n) is 6.39. The molecule has 0 heterocycles. The number of aliphatic carboxylic acids is 1. The first-order valence-electron chi connectivity index (χ1n) is 7.81. The molecule has 18 heavy (non-hydrogen) atoms. The number of hydrogen-bond donors (Lipinski definition) is 1. The number of rotatable bonds is 5. The van der Waals surface area contributed by atoms with Crippen LogP contribution in [-0.2, 0) is 4.79 Å². The van der Waals surface area contributed by atoms with Crippen molar-refractivity contribution in [1.29, 1.82) is 0 Å². The zero-order chi connectivity index (χ0) is 13.5. The van der Waals surface area contributed by atoms with E-state index in [9.17, 15) is 9.90 Å². The Labute approximate surface area is 111 Å². The molecule has 0 saturated heterocycles. The summed E-state index contributed by atoms with van der Waals surface area (Å²) >= 11 is 0. The van der Waals surface area contributed by atoms with E-state index < -0.39 is 11.4 Å². The smallest absolute Gasteiger partial charge is 0.310 e. The van der Waals surface area contributed by atoms with E-state index in [-0.39, 0.29) is 0 Å². The SMILES string of the molecule is CC[C@@H]1C[C@H](CC)C2C1[C@@H](CC)[C@]2(CC)C(=O)O. The molecule has 2 heteroatoms. The van der Waals surface area contributed by atoms with Crippen molar-refractivity contribution in [2.45, 2.75) is 59.8 Å². The van der Waals surface area contributed by atoms with Crippen LogP contribution in [0.25, 0.3) is 0 Å². The zero-order valence-corrected chi connectivity index (χ0v) is 12.3. The molecule has 0 spiro atoms. The van der Waals surface area contributed by atoms with Crippen LogP contribution in [0.2, 0.25) is 0 Å². The molecule has 2 aliphatic carbocycles. The Bertz CT molecular complexity index is 325. The minimum atomic E-state index is -0.520. The predicted molar refractivity (Wildman–Crippen MR) is 73.3 cm³/mol.